The largest absolute Gasteiger partial charge is 0.458 e. The number of hydrogen-bond acceptors (Lipinski definition) is 9. The van der Waals surface area contributed by atoms with Crippen LogP contribution in [0.15, 0.2) is 11.0 Å². The van der Waals surface area contributed by atoms with Crippen LogP contribution in [0.25, 0.3) is 6.08 Å². The van der Waals surface area contributed by atoms with Crippen LogP contribution in [-0.2, 0) is 14.3 Å². The zero-order chi connectivity index (χ0) is 28.4. The van der Waals surface area contributed by atoms with Crippen molar-refractivity contribution < 1.29 is 24.5 Å². The molecule has 1 unspecified atom stereocenters. The highest BCUT2D eigenvalue weighted by atomic mass is 32.1. The van der Waals surface area contributed by atoms with Gasteiger partial charge in [0, 0.05) is 42.4 Å². The van der Waals surface area contributed by atoms with Gasteiger partial charge in [-0.15, -0.1) is 11.3 Å². The van der Waals surface area contributed by atoms with Gasteiger partial charge >= 0.3 is 5.97 Å². The molecule has 0 spiro atoms. The average Bonchev–Trinajstić information content (AvgIpc) is 3.15. The number of aliphatic hydroxyl groups excluding tert-OH is 2. The normalized spacial score (nSPS) is 37.4. The van der Waals surface area contributed by atoms with E-state index in [1.807, 2.05) is 32.2 Å². The Kier molecular flexibility index (Phi) is 9.96. The first-order valence-electron chi connectivity index (χ1n) is 13.9. The fourth-order valence-corrected chi connectivity index (χ4v) is 6.67. The lowest BCUT2D eigenvalue weighted by molar-refractivity contribution is -0.154. The fraction of sp³-hybridized carbons (Fsp3) is 0.759. The Balaban J connectivity index is 1.93. The Hall–Kier alpha value is -1.65. The first-order valence-corrected chi connectivity index (χ1v) is 14.8. The molecule has 0 radical (unpaired) electrons. The Bertz CT molecular complexity index is 1020. The summed E-state index contributed by atoms with van der Waals surface area (Å²) in [6.45, 7) is 14.4. The quantitative estimate of drug-likeness (QED) is 0.383. The molecule has 2 fully saturated rings. The maximum absolute atomic E-state index is 13.3. The molecule has 2 saturated heterocycles. The van der Waals surface area contributed by atoms with Gasteiger partial charge in [0.05, 0.1) is 34.7 Å². The van der Waals surface area contributed by atoms with Crippen molar-refractivity contribution >= 4 is 29.2 Å². The van der Waals surface area contributed by atoms with E-state index in [4.69, 9.17) is 10.5 Å². The number of cyclic esters (lactones) is 1. The SMILES string of the molecule is C/C(=C\c1csc(C)n1)[C@@H]1C[C@@H]2N(CCN)[C@]2(C)CCC[C@H](C)[C@H](O)[C@@H](C)C(=O)C(C)(C)[C@@H](O)CC(=O)O1. The number of rotatable bonds is 4. The van der Waals surface area contributed by atoms with Crippen LogP contribution >= 0.6 is 11.3 Å². The Morgan fingerprint density at radius 2 is 1.97 bits per heavy atom. The third-order valence-electron chi connectivity index (χ3n) is 8.96. The molecule has 0 amide bonds. The molecule has 3 rings (SSSR count). The molecule has 38 heavy (non-hydrogen) atoms. The van der Waals surface area contributed by atoms with Crippen molar-refractivity contribution in [3.63, 3.8) is 0 Å². The molecule has 3 heterocycles. The topological polar surface area (TPSA) is 126 Å². The number of thiazole rings is 1. The number of ether oxygens (including phenoxy) is 1. The van der Waals surface area contributed by atoms with Gasteiger partial charge in [-0.3, -0.25) is 14.5 Å². The fourth-order valence-electron chi connectivity index (χ4n) is 6.10. The summed E-state index contributed by atoms with van der Waals surface area (Å²) in [5.74, 6) is -1.52. The number of hydrogen-bond donors (Lipinski definition) is 3. The predicted octanol–water partition coefficient (Wildman–Crippen LogP) is 3.72. The van der Waals surface area contributed by atoms with Gasteiger partial charge < -0.3 is 20.7 Å². The third kappa shape index (κ3) is 6.73. The van der Waals surface area contributed by atoms with Crippen molar-refractivity contribution in [2.75, 3.05) is 13.1 Å². The van der Waals surface area contributed by atoms with Crippen LogP contribution in [-0.4, -0.2) is 74.8 Å². The van der Waals surface area contributed by atoms with Crippen LogP contribution in [0.1, 0.15) is 84.3 Å². The molecule has 9 heteroatoms. The van der Waals surface area contributed by atoms with Crippen LogP contribution in [0.4, 0.5) is 0 Å². The first-order chi connectivity index (χ1) is 17.7. The third-order valence-corrected chi connectivity index (χ3v) is 9.75. The van der Waals surface area contributed by atoms with E-state index < -0.39 is 35.6 Å². The van der Waals surface area contributed by atoms with E-state index in [-0.39, 0.29) is 29.7 Å². The molecule has 2 aliphatic heterocycles. The summed E-state index contributed by atoms with van der Waals surface area (Å²) >= 11 is 1.57. The van der Waals surface area contributed by atoms with Crippen LogP contribution < -0.4 is 5.73 Å². The molecule has 214 valence electrons. The number of fused-ring (bicyclic) bond motifs is 1. The summed E-state index contributed by atoms with van der Waals surface area (Å²) in [4.78, 5) is 33.4. The maximum Gasteiger partial charge on any atom is 0.309 e. The summed E-state index contributed by atoms with van der Waals surface area (Å²) in [5.41, 5.74) is 6.38. The number of ketones is 1. The zero-order valence-electron chi connectivity index (χ0n) is 24.1. The van der Waals surface area contributed by atoms with Gasteiger partial charge in [0.2, 0.25) is 0 Å². The van der Waals surface area contributed by atoms with Crippen molar-refractivity contribution in [2.45, 2.75) is 110 Å². The standard InChI is InChI=1S/C29H47N3O5S/c1-17-9-8-10-29(7)23(32(29)12-11-30)14-22(18(2)13-21-16-38-20(4)31-21)37-25(34)15-24(33)28(5,6)27(36)19(3)26(17)35/h13,16-17,19,22-24,26,33,35H,8-12,14-15,30H2,1-7H3/b18-13+/t17-,19+,22-,23-,24-,26-,29+,32?/m0/s1. The van der Waals surface area contributed by atoms with Gasteiger partial charge in [-0.1, -0.05) is 34.1 Å². The van der Waals surface area contributed by atoms with E-state index in [0.717, 1.165) is 42.1 Å². The minimum atomic E-state index is -1.23. The van der Waals surface area contributed by atoms with Gasteiger partial charge in [0.25, 0.3) is 0 Å². The molecule has 2 aliphatic rings. The van der Waals surface area contributed by atoms with Crippen molar-refractivity contribution in [2.24, 2.45) is 23.0 Å². The summed E-state index contributed by atoms with van der Waals surface area (Å²) < 4.78 is 6.01. The van der Waals surface area contributed by atoms with Gasteiger partial charge in [-0.2, -0.15) is 0 Å². The molecule has 0 aliphatic carbocycles. The lowest BCUT2D eigenvalue weighted by Crippen LogP contribution is -2.45. The smallest absolute Gasteiger partial charge is 0.309 e. The minimum absolute atomic E-state index is 0.0667. The van der Waals surface area contributed by atoms with Crippen molar-refractivity contribution in [3.05, 3.63) is 21.7 Å². The Labute approximate surface area is 231 Å². The number of esters is 1. The molecule has 4 N–H and O–H groups in total. The molecule has 1 aromatic rings. The van der Waals surface area contributed by atoms with Crippen molar-refractivity contribution in [3.8, 4) is 0 Å². The number of Topliss-reactive ketones (excluding diaryl/α,β-unsaturated/α-hetero) is 1. The van der Waals surface area contributed by atoms with Crippen LogP contribution in [0, 0.1) is 24.2 Å². The second-order valence-electron chi connectivity index (χ2n) is 12.2. The van der Waals surface area contributed by atoms with Gasteiger partial charge in [0.1, 0.15) is 11.9 Å². The number of nitrogens with zero attached hydrogens (tertiary/aromatic N) is 2. The lowest BCUT2D eigenvalue weighted by Gasteiger charge is -2.34. The Morgan fingerprint density at radius 1 is 1.29 bits per heavy atom. The molecular formula is C29H47N3O5S. The monoisotopic (exact) mass is 549 g/mol. The van der Waals surface area contributed by atoms with Crippen LogP contribution in [0.2, 0.25) is 0 Å². The summed E-state index contributed by atoms with van der Waals surface area (Å²) in [5, 5.41) is 24.9. The number of aryl methyl sites for hydroxylation is 1. The molecular weight excluding hydrogens is 502 g/mol. The predicted molar refractivity (Wildman–Crippen MR) is 151 cm³/mol. The van der Waals surface area contributed by atoms with E-state index in [0.29, 0.717) is 13.0 Å². The molecule has 8 nitrogen and oxygen atoms in total. The highest BCUT2D eigenvalue weighted by Crippen LogP contribution is 2.48. The average molecular weight is 550 g/mol. The molecule has 0 bridgehead atoms. The lowest BCUT2D eigenvalue weighted by atomic mass is 9.73. The number of carbonyl (C=O) groups is 2. The number of aromatic nitrogens is 1. The molecule has 0 aromatic carbocycles. The number of aliphatic hydroxyl groups is 2. The summed E-state index contributed by atoms with van der Waals surface area (Å²) in [6, 6.07) is 0.194. The van der Waals surface area contributed by atoms with E-state index >= 15 is 0 Å². The van der Waals surface area contributed by atoms with Crippen molar-refractivity contribution in [1.82, 2.24) is 9.88 Å². The molecule has 8 atom stereocenters. The van der Waals surface area contributed by atoms with Gasteiger partial charge in [-0.25, -0.2) is 4.98 Å². The van der Waals surface area contributed by atoms with E-state index in [1.165, 1.54) is 0 Å². The van der Waals surface area contributed by atoms with Gasteiger partial charge in [-0.05, 0) is 51.2 Å². The van der Waals surface area contributed by atoms with Crippen LogP contribution in [0.3, 0.4) is 0 Å². The van der Waals surface area contributed by atoms with E-state index in [2.05, 4.69) is 16.8 Å². The zero-order valence-corrected chi connectivity index (χ0v) is 24.9. The van der Waals surface area contributed by atoms with Crippen molar-refractivity contribution in [1.29, 1.82) is 0 Å². The van der Waals surface area contributed by atoms with E-state index in [9.17, 15) is 19.8 Å². The summed E-state index contributed by atoms with van der Waals surface area (Å²) in [6.07, 6.45) is 2.35. The number of carbonyl (C=O) groups excluding carboxylic acids is 2. The number of nitrogens with two attached hydrogens (primary N) is 1. The highest BCUT2D eigenvalue weighted by Gasteiger charge is 2.58. The van der Waals surface area contributed by atoms with E-state index in [1.54, 1.807) is 32.1 Å². The van der Waals surface area contributed by atoms with Gasteiger partial charge in [0.15, 0.2) is 0 Å². The minimum Gasteiger partial charge on any atom is -0.458 e. The maximum atomic E-state index is 13.3. The highest BCUT2D eigenvalue weighted by molar-refractivity contribution is 7.09. The molecule has 1 aromatic heterocycles. The first kappa shape index (κ1) is 30.9. The molecule has 0 saturated carbocycles. The Morgan fingerprint density at radius 3 is 2.58 bits per heavy atom. The second kappa shape index (κ2) is 12.3. The van der Waals surface area contributed by atoms with Crippen LogP contribution in [0.5, 0.6) is 0 Å². The summed E-state index contributed by atoms with van der Waals surface area (Å²) in [7, 11) is 0. The second-order valence-corrected chi connectivity index (χ2v) is 13.3.